The lowest BCUT2D eigenvalue weighted by molar-refractivity contribution is 0.401. The molecule has 1 N–H and O–H groups in total. The van der Waals surface area contributed by atoms with Crippen LogP contribution >= 0.6 is 11.6 Å². The number of halogens is 1. The fourth-order valence-electron chi connectivity index (χ4n) is 2.27. The zero-order valence-electron chi connectivity index (χ0n) is 13.6. The molecular formula is C20H21ClO2. The van der Waals surface area contributed by atoms with Crippen LogP contribution in [0.2, 0.25) is 5.02 Å². The highest BCUT2D eigenvalue weighted by Gasteiger charge is 2.15. The van der Waals surface area contributed by atoms with Gasteiger partial charge in [-0.25, -0.2) is 0 Å². The monoisotopic (exact) mass is 328 g/mol. The molecule has 0 aliphatic heterocycles. The smallest absolute Gasteiger partial charge is 0.145 e. The maximum Gasteiger partial charge on any atom is 0.145 e. The van der Waals surface area contributed by atoms with Gasteiger partial charge < -0.3 is 9.84 Å². The maximum atomic E-state index is 10.3. The van der Waals surface area contributed by atoms with Crippen molar-refractivity contribution in [2.45, 2.75) is 20.3 Å². The van der Waals surface area contributed by atoms with Gasteiger partial charge in [-0.3, -0.25) is 0 Å². The molecule has 0 spiro atoms. The number of phenols is 1. The highest BCUT2D eigenvalue weighted by Crippen LogP contribution is 2.39. The summed E-state index contributed by atoms with van der Waals surface area (Å²) in [4.78, 5) is 0. The van der Waals surface area contributed by atoms with Crippen LogP contribution in [-0.4, -0.2) is 12.2 Å². The van der Waals surface area contributed by atoms with Crippen molar-refractivity contribution in [1.29, 1.82) is 0 Å². The summed E-state index contributed by atoms with van der Waals surface area (Å²) in [5.74, 6) is 0.716. The van der Waals surface area contributed by atoms with Gasteiger partial charge in [-0.1, -0.05) is 65.7 Å². The molecule has 0 aliphatic rings. The quantitative estimate of drug-likeness (QED) is 0.560. The summed E-state index contributed by atoms with van der Waals surface area (Å²) in [5.41, 5.74) is 3.67. The molecule has 3 heteroatoms. The van der Waals surface area contributed by atoms with Crippen molar-refractivity contribution in [1.82, 2.24) is 0 Å². The Hall–Kier alpha value is -2.19. The Morgan fingerprint density at radius 2 is 1.87 bits per heavy atom. The van der Waals surface area contributed by atoms with Gasteiger partial charge in [-0.2, -0.15) is 0 Å². The lowest BCUT2D eigenvalue weighted by Gasteiger charge is -2.13. The van der Waals surface area contributed by atoms with Crippen LogP contribution in [0.5, 0.6) is 11.5 Å². The first-order valence-corrected chi connectivity index (χ1v) is 7.85. The van der Waals surface area contributed by atoms with E-state index in [4.69, 9.17) is 16.3 Å². The van der Waals surface area contributed by atoms with Crippen LogP contribution in [0.15, 0.2) is 48.0 Å². The number of rotatable bonds is 5. The van der Waals surface area contributed by atoms with E-state index in [9.17, 15) is 5.11 Å². The van der Waals surface area contributed by atoms with Gasteiger partial charge in [-0.05, 0) is 31.9 Å². The fraction of sp³-hybridized carbons (Fsp3) is 0.200. The van der Waals surface area contributed by atoms with Crippen molar-refractivity contribution in [3.8, 4) is 11.5 Å². The predicted molar refractivity (Wildman–Crippen MR) is 98.2 cm³/mol. The van der Waals surface area contributed by atoms with Gasteiger partial charge in [0.05, 0.1) is 12.1 Å². The third kappa shape index (κ3) is 4.40. The van der Waals surface area contributed by atoms with E-state index in [-0.39, 0.29) is 5.75 Å². The van der Waals surface area contributed by atoms with E-state index >= 15 is 0 Å². The summed E-state index contributed by atoms with van der Waals surface area (Å²) < 4.78 is 5.43. The second-order valence-electron chi connectivity index (χ2n) is 5.54. The van der Waals surface area contributed by atoms with E-state index in [0.29, 0.717) is 22.8 Å². The standard InChI is InChI=1S/C20H21ClO2/c1-14(2)9-12-17-18(22)13-16(19(21)20(17)23-3)11-10-15-7-5-4-6-8-15/h4-11,13,22H,12H2,1-3H3. The summed E-state index contributed by atoms with van der Waals surface area (Å²) in [7, 11) is 1.57. The van der Waals surface area contributed by atoms with E-state index in [1.807, 2.05) is 62.4 Å². The number of hydrogen-bond acceptors (Lipinski definition) is 2. The Bertz CT molecular complexity index is 727. The first kappa shape index (κ1) is 17.2. The average Bonchev–Trinajstić information content (AvgIpc) is 2.54. The molecule has 0 radical (unpaired) electrons. The zero-order valence-corrected chi connectivity index (χ0v) is 14.4. The molecule has 2 nitrogen and oxygen atoms in total. The minimum absolute atomic E-state index is 0.191. The van der Waals surface area contributed by atoms with Crippen LogP contribution < -0.4 is 4.74 Å². The third-order valence-corrected chi connectivity index (χ3v) is 3.89. The molecule has 0 fully saturated rings. The molecule has 0 aliphatic carbocycles. The largest absolute Gasteiger partial charge is 0.507 e. The normalized spacial score (nSPS) is 10.8. The van der Waals surface area contributed by atoms with Gasteiger partial charge in [0.2, 0.25) is 0 Å². The van der Waals surface area contributed by atoms with Gasteiger partial charge in [-0.15, -0.1) is 0 Å². The van der Waals surface area contributed by atoms with E-state index in [0.717, 1.165) is 11.1 Å². The number of allylic oxidation sites excluding steroid dienone is 2. The Morgan fingerprint density at radius 3 is 2.48 bits per heavy atom. The molecular weight excluding hydrogens is 308 g/mol. The summed E-state index contributed by atoms with van der Waals surface area (Å²) >= 11 is 6.46. The van der Waals surface area contributed by atoms with Crippen molar-refractivity contribution in [2.75, 3.05) is 7.11 Å². The van der Waals surface area contributed by atoms with Crippen LogP contribution in [0.4, 0.5) is 0 Å². The number of methoxy groups -OCH3 is 1. The highest BCUT2D eigenvalue weighted by molar-refractivity contribution is 6.33. The molecule has 0 saturated carbocycles. The minimum atomic E-state index is 0.191. The number of benzene rings is 2. The molecule has 23 heavy (non-hydrogen) atoms. The number of hydrogen-bond donors (Lipinski definition) is 1. The molecule has 2 aromatic rings. The molecule has 0 atom stereocenters. The van der Waals surface area contributed by atoms with E-state index in [1.54, 1.807) is 13.2 Å². The molecule has 0 saturated heterocycles. The van der Waals surface area contributed by atoms with Crippen molar-refractivity contribution in [3.63, 3.8) is 0 Å². The number of phenolic OH excluding ortho intramolecular Hbond substituents is 1. The molecule has 120 valence electrons. The number of ether oxygens (including phenoxy) is 1. The second kappa shape index (κ2) is 7.89. The number of aromatic hydroxyl groups is 1. The summed E-state index contributed by atoms with van der Waals surface area (Å²) in [6, 6.07) is 11.6. The third-order valence-electron chi connectivity index (χ3n) is 3.50. The minimum Gasteiger partial charge on any atom is -0.507 e. The van der Waals surface area contributed by atoms with Crippen molar-refractivity contribution >= 4 is 23.8 Å². The van der Waals surface area contributed by atoms with Gasteiger partial charge in [0.1, 0.15) is 11.5 Å². The van der Waals surface area contributed by atoms with E-state index < -0.39 is 0 Å². The highest BCUT2D eigenvalue weighted by atomic mass is 35.5. The van der Waals surface area contributed by atoms with Crippen molar-refractivity contribution < 1.29 is 9.84 Å². The maximum absolute atomic E-state index is 10.3. The molecule has 0 bridgehead atoms. The van der Waals surface area contributed by atoms with Crippen LogP contribution in [0, 0.1) is 0 Å². The zero-order chi connectivity index (χ0) is 16.8. The Balaban J connectivity index is 2.41. The lowest BCUT2D eigenvalue weighted by Crippen LogP contribution is -1.95. The fourth-order valence-corrected chi connectivity index (χ4v) is 2.57. The first-order valence-electron chi connectivity index (χ1n) is 7.47. The predicted octanol–water partition coefficient (Wildman–Crippen LogP) is 5.73. The first-order chi connectivity index (χ1) is 11.0. The summed E-state index contributed by atoms with van der Waals surface area (Å²) in [6.07, 6.45) is 6.45. The van der Waals surface area contributed by atoms with Gasteiger partial charge >= 0.3 is 0 Å². The molecule has 0 heterocycles. The summed E-state index contributed by atoms with van der Waals surface area (Å²) in [5, 5.41) is 10.8. The van der Waals surface area contributed by atoms with Gasteiger partial charge in [0, 0.05) is 11.1 Å². The topological polar surface area (TPSA) is 29.5 Å². The Morgan fingerprint density at radius 1 is 1.17 bits per heavy atom. The lowest BCUT2D eigenvalue weighted by atomic mass is 10.0. The molecule has 0 aromatic heterocycles. The Kier molecular flexibility index (Phi) is 5.89. The van der Waals surface area contributed by atoms with Gasteiger partial charge in [0.25, 0.3) is 0 Å². The molecule has 0 unspecified atom stereocenters. The molecule has 2 rings (SSSR count). The van der Waals surface area contributed by atoms with Crippen molar-refractivity contribution in [2.24, 2.45) is 0 Å². The van der Waals surface area contributed by atoms with Crippen LogP contribution in [0.25, 0.3) is 12.2 Å². The summed E-state index contributed by atoms with van der Waals surface area (Å²) in [6.45, 7) is 4.03. The van der Waals surface area contributed by atoms with E-state index in [2.05, 4.69) is 0 Å². The second-order valence-corrected chi connectivity index (χ2v) is 5.92. The SMILES string of the molecule is COc1c(Cl)c(C=Cc2ccccc2)cc(O)c1CC=C(C)C. The van der Waals surface area contributed by atoms with Gasteiger partial charge in [0.15, 0.2) is 0 Å². The van der Waals surface area contributed by atoms with Crippen LogP contribution in [0.1, 0.15) is 30.5 Å². The van der Waals surface area contributed by atoms with Crippen molar-refractivity contribution in [3.05, 3.63) is 69.8 Å². The Labute approximate surface area is 142 Å². The van der Waals surface area contributed by atoms with Crippen LogP contribution in [0.3, 0.4) is 0 Å². The molecule has 2 aromatic carbocycles. The molecule has 0 amide bonds. The van der Waals surface area contributed by atoms with E-state index in [1.165, 1.54) is 5.57 Å². The van der Waals surface area contributed by atoms with Crippen LogP contribution in [-0.2, 0) is 6.42 Å². The average molecular weight is 329 g/mol.